The average molecular weight is 527 g/mol. The molecular weight excluding hydrogens is 484 g/mol. The molecule has 0 bridgehead atoms. The third kappa shape index (κ3) is 7.40. The number of carbonyl (C=O) groups excluding carboxylic acids is 1. The first kappa shape index (κ1) is 30.5. The number of hydrogen-bond acceptors (Lipinski definition) is 7. The summed E-state index contributed by atoms with van der Waals surface area (Å²) in [5.74, 6) is 0.928. The Hall–Kier alpha value is -3.75. The van der Waals surface area contributed by atoms with Crippen LogP contribution in [0.25, 0.3) is 5.69 Å². The van der Waals surface area contributed by atoms with E-state index in [-0.39, 0.29) is 16.9 Å². The fourth-order valence-electron chi connectivity index (χ4n) is 3.73. The summed E-state index contributed by atoms with van der Waals surface area (Å²) in [6.45, 7) is 12.3. The molecule has 0 aliphatic heterocycles. The maximum atomic E-state index is 13.0. The molecule has 0 radical (unpaired) electrons. The number of benzene rings is 2. The molecular formula is C29H42N4O5. The van der Waals surface area contributed by atoms with Crippen LogP contribution in [0.15, 0.2) is 30.3 Å². The van der Waals surface area contributed by atoms with E-state index in [0.717, 1.165) is 5.56 Å². The second-order valence-corrected chi connectivity index (χ2v) is 9.96. The smallest absolute Gasteiger partial charge is 0.278 e. The van der Waals surface area contributed by atoms with Crippen LogP contribution in [0.2, 0.25) is 0 Å². The van der Waals surface area contributed by atoms with Crippen molar-refractivity contribution in [2.24, 2.45) is 0 Å². The number of phenolic OH excluding ortho intramolecular Hbond substituents is 1. The highest BCUT2D eigenvalue weighted by molar-refractivity contribution is 6.04. The zero-order valence-electron chi connectivity index (χ0n) is 24.1. The van der Waals surface area contributed by atoms with E-state index in [1.54, 1.807) is 31.2 Å². The molecule has 9 nitrogen and oxygen atoms in total. The van der Waals surface area contributed by atoms with E-state index >= 15 is 0 Å². The Kier molecular flexibility index (Phi) is 11.0. The van der Waals surface area contributed by atoms with E-state index in [2.05, 4.69) is 50.2 Å². The van der Waals surface area contributed by atoms with Crippen LogP contribution in [0, 0.1) is 6.92 Å². The first-order valence-electron chi connectivity index (χ1n) is 12.9. The lowest BCUT2D eigenvalue weighted by Crippen LogP contribution is -2.16. The minimum atomic E-state index is -0.491. The van der Waals surface area contributed by atoms with Crippen LogP contribution < -0.4 is 19.5 Å². The molecule has 0 aliphatic rings. The summed E-state index contributed by atoms with van der Waals surface area (Å²) in [5.41, 5.74) is 2.27. The molecule has 38 heavy (non-hydrogen) atoms. The van der Waals surface area contributed by atoms with E-state index in [4.69, 9.17) is 14.2 Å². The first-order valence-corrected chi connectivity index (χ1v) is 12.9. The van der Waals surface area contributed by atoms with Crippen molar-refractivity contribution < 1.29 is 24.1 Å². The highest BCUT2D eigenvalue weighted by Gasteiger charge is 2.23. The topological polar surface area (TPSA) is 108 Å². The zero-order chi connectivity index (χ0) is 28.5. The maximum Gasteiger partial charge on any atom is 0.278 e. The molecule has 1 amide bonds. The molecule has 3 rings (SSSR count). The van der Waals surface area contributed by atoms with Gasteiger partial charge in [-0.15, -0.1) is 5.10 Å². The van der Waals surface area contributed by atoms with Gasteiger partial charge in [-0.3, -0.25) is 4.79 Å². The highest BCUT2D eigenvalue weighted by atomic mass is 16.5. The second kappa shape index (κ2) is 13.7. The molecule has 9 heteroatoms. The Balaban J connectivity index is 0.000000757. The lowest BCUT2D eigenvalue weighted by Gasteiger charge is -2.20. The zero-order valence-corrected chi connectivity index (χ0v) is 24.1. The highest BCUT2D eigenvalue weighted by Crippen LogP contribution is 2.37. The number of hydrogen-bond donors (Lipinski definition) is 2. The standard InChI is InChI=1S/C23H28N4O5.C6H14/c1-13-21(22(29)24-15-10-14(23(2,3)4)8-9-17(15)28)25-26-27(13)16-11-19(31-6)20(32-7)12-18(16)30-5;1-3-5-6-4-2/h8-12,28H,1-7H3,(H,24,29);3-6H2,1-2H3. The SMILES string of the molecule is CCCCCC.COc1cc(OC)c(-n2nnc(C(=O)Nc3cc(C(C)(C)C)ccc3O)c2C)cc1OC. The number of carbonyl (C=O) groups is 1. The van der Waals surface area contributed by atoms with Crippen molar-refractivity contribution in [3.63, 3.8) is 0 Å². The van der Waals surface area contributed by atoms with Crippen LogP contribution >= 0.6 is 0 Å². The molecule has 0 saturated carbocycles. The number of nitrogens with one attached hydrogen (secondary N) is 1. The molecule has 0 fully saturated rings. The normalized spacial score (nSPS) is 10.9. The molecule has 0 unspecified atom stereocenters. The van der Waals surface area contributed by atoms with Gasteiger partial charge in [0.1, 0.15) is 17.2 Å². The van der Waals surface area contributed by atoms with Crippen LogP contribution in [0.1, 0.15) is 82.0 Å². The van der Waals surface area contributed by atoms with Crippen LogP contribution in [-0.4, -0.2) is 47.3 Å². The molecule has 2 N–H and O–H groups in total. The van der Waals surface area contributed by atoms with Gasteiger partial charge in [0.15, 0.2) is 17.2 Å². The summed E-state index contributed by atoms with van der Waals surface area (Å²) in [4.78, 5) is 13.0. The number of nitrogens with zero attached hydrogens (tertiary/aromatic N) is 3. The quantitative estimate of drug-likeness (QED) is 0.244. The number of rotatable bonds is 9. The average Bonchev–Trinajstić information content (AvgIpc) is 3.28. The lowest BCUT2D eigenvalue weighted by atomic mass is 9.87. The van der Waals surface area contributed by atoms with Gasteiger partial charge in [0.25, 0.3) is 5.91 Å². The van der Waals surface area contributed by atoms with Crippen molar-refractivity contribution in [2.75, 3.05) is 26.6 Å². The Bertz CT molecular complexity index is 1210. The van der Waals surface area contributed by atoms with Gasteiger partial charge in [0.05, 0.1) is 32.7 Å². The Morgan fingerprint density at radius 1 is 0.947 bits per heavy atom. The van der Waals surface area contributed by atoms with Crippen LogP contribution in [0.3, 0.4) is 0 Å². The fraction of sp³-hybridized carbons (Fsp3) is 0.483. The van der Waals surface area contributed by atoms with Gasteiger partial charge >= 0.3 is 0 Å². The van der Waals surface area contributed by atoms with E-state index in [1.165, 1.54) is 51.7 Å². The molecule has 0 aliphatic carbocycles. The van der Waals surface area contributed by atoms with E-state index < -0.39 is 5.91 Å². The van der Waals surface area contributed by atoms with Crippen LogP contribution in [0.4, 0.5) is 5.69 Å². The number of aromatic nitrogens is 3. The molecule has 2 aromatic carbocycles. The van der Waals surface area contributed by atoms with Gasteiger partial charge in [0.2, 0.25) is 0 Å². The number of ether oxygens (including phenoxy) is 3. The third-order valence-electron chi connectivity index (χ3n) is 6.09. The Morgan fingerprint density at radius 3 is 2.05 bits per heavy atom. The minimum Gasteiger partial charge on any atom is -0.506 e. The van der Waals surface area contributed by atoms with Crippen molar-refractivity contribution in [3.05, 3.63) is 47.3 Å². The molecule has 1 heterocycles. The number of unbranched alkanes of at least 4 members (excludes halogenated alkanes) is 3. The number of anilines is 1. The Morgan fingerprint density at radius 2 is 1.53 bits per heavy atom. The van der Waals surface area contributed by atoms with E-state index in [9.17, 15) is 9.90 Å². The van der Waals surface area contributed by atoms with Gasteiger partial charge in [-0.1, -0.05) is 71.6 Å². The van der Waals surface area contributed by atoms with Crippen molar-refractivity contribution >= 4 is 11.6 Å². The monoisotopic (exact) mass is 526 g/mol. The summed E-state index contributed by atoms with van der Waals surface area (Å²) >= 11 is 0. The summed E-state index contributed by atoms with van der Waals surface area (Å²) in [7, 11) is 4.58. The lowest BCUT2D eigenvalue weighted by molar-refractivity contribution is 0.102. The van der Waals surface area contributed by atoms with Crippen LogP contribution in [-0.2, 0) is 5.41 Å². The molecule has 0 spiro atoms. The van der Waals surface area contributed by atoms with Gasteiger partial charge in [-0.05, 0) is 30.0 Å². The third-order valence-corrected chi connectivity index (χ3v) is 6.09. The number of methoxy groups -OCH3 is 3. The van der Waals surface area contributed by atoms with Crippen molar-refractivity contribution in [1.82, 2.24) is 15.0 Å². The second-order valence-electron chi connectivity index (χ2n) is 9.96. The minimum absolute atomic E-state index is 0.0297. The molecule has 208 valence electrons. The van der Waals surface area contributed by atoms with E-state index in [1.807, 2.05) is 6.07 Å². The molecule has 0 saturated heterocycles. The number of aromatic hydroxyl groups is 1. The van der Waals surface area contributed by atoms with E-state index in [0.29, 0.717) is 34.3 Å². The summed E-state index contributed by atoms with van der Waals surface area (Å²) in [5, 5.41) is 21.1. The Labute approximate surface area is 226 Å². The summed E-state index contributed by atoms with van der Waals surface area (Å²) in [6, 6.07) is 8.51. The fourth-order valence-corrected chi connectivity index (χ4v) is 3.73. The molecule has 0 atom stereocenters. The van der Waals surface area contributed by atoms with Gasteiger partial charge < -0.3 is 24.6 Å². The number of phenols is 1. The number of amides is 1. The predicted octanol–water partition coefficient (Wildman–Crippen LogP) is 6.44. The van der Waals surface area contributed by atoms with Crippen molar-refractivity contribution in [1.29, 1.82) is 0 Å². The van der Waals surface area contributed by atoms with Gasteiger partial charge in [-0.25, -0.2) is 4.68 Å². The van der Waals surface area contributed by atoms with Gasteiger partial charge in [0, 0.05) is 12.1 Å². The molecule has 3 aromatic rings. The molecule has 1 aromatic heterocycles. The van der Waals surface area contributed by atoms with Gasteiger partial charge in [-0.2, -0.15) is 0 Å². The first-order chi connectivity index (χ1) is 18.0. The van der Waals surface area contributed by atoms with Crippen molar-refractivity contribution in [3.8, 4) is 28.7 Å². The summed E-state index contributed by atoms with van der Waals surface area (Å²) < 4.78 is 17.6. The van der Waals surface area contributed by atoms with Crippen molar-refractivity contribution in [2.45, 2.75) is 72.6 Å². The van der Waals surface area contributed by atoms with Crippen LogP contribution in [0.5, 0.6) is 23.0 Å². The predicted molar refractivity (Wildman–Crippen MR) is 150 cm³/mol. The summed E-state index contributed by atoms with van der Waals surface area (Å²) in [6.07, 6.45) is 5.54. The maximum absolute atomic E-state index is 13.0. The largest absolute Gasteiger partial charge is 0.506 e.